The predicted molar refractivity (Wildman–Crippen MR) is 60.0 cm³/mol. The standard InChI is InChI=1S/C12H11N3/c1-9(7-13)5-10-3-4-11-12(6-10)15(2)8-14-11/h3-6,8H,1-2H3. The number of imidazole rings is 1. The van der Waals surface area contributed by atoms with Gasteiger partial charge < -0.3 is 4.57 Å². The maximum atomic E-state index is 8.69. The summed E-state index contributed by atoms with van der Waals surface area (Å²) in [5, 5.41) is 8.69. The number of aromatic nitrogens is 2. The molecule has 74 valence electrons. The average molecular weight is 197 g/mol. The van der Waals surface area contributed by atoms with E-state index in [1.165, 1.54) is 0 Å². The smallest absolute Gasteiger partial charge is 0.0955 e. The molecule has 0 saturated heterocycles. The van der Waals surface area contributed by atoms with Crippen LogP contribution in [0.3, 0.4) is 0 Å². The highest BCUT2D eigenvalue weighted by atomic mass is 15.0. The summed E-state index contributed by atoms with van der Waals surface area (Å²) < 4.78 is 1.97. The van der Waals surface area contributed by atoms with Crippen LogP contribution in [0.2, 0.25) is 0 Å². The third kappa shape index (κ3) is 1.75. The Morgan fingerprint density at radius 3 is 3.07 bits per heavy atom. The summed E-state index contributed by atoms with van der Waals surface area (Å²) in [7, 11) is 1.96. The van der Waals surface area contributed by atoms with Gasteiger partial charge in [-0.05, 0) is 30.7 Å². The molecule has 0 amide bonds. The van der Waals surface area contributed by atoms with Crippen molar-refractivity contribution in [2.24, 2.45) is 7.05 Å². The van der Waals surface area contributed by atoms with Crippen molar-refractivity contribution in [2.45, 2.75) is 6.92 Å². The first-order valence-corrected chi connectivity index (χ1v) is 4.70. The van der Waals surface area contributed by atoms with E-state index in [9.17, 15) is 0 Å². The lowest BCUT2D eigenvalue weighted by molar-refractivity contribution is 0.947. The van der Waals surface area contributed by atoms with Crippen LogP contribution >= 0.6 is 0 Å². The zero-order chi connectivity index (χ0) is 10.8. The number of nitrogens with zero attached hydrogens (tertiary/aromatic N) is 3. The second-order valence-corrected chi connectivity index (χ2v) is 3.54. The lowest BCUT2D eigenvalue weighted by Gasteiger charge is -1.97. The van der Waals surface area contributed by atoms with Crippen molar-refractivity contribution in [1.82, 2.24) is 9.55 Å². The second kappa shape index (κ2) is 3.58. The Morgan fingerprint density at radius 2 is 2.33 bits per heavy atom. The fourth-order valence-electron chi connectivity index (χ4n) is 1.52. The SMILES string of the molecule is CC(C#N)=Cc1ccc2ncn(C)c2c1. The van der Waals surface area contributed by atoms with Gasteiger partial charge in [0.1, 0.15) is 0 Å². The summed E-state index contributed by atoms with van der Waals surface area (Å²) in [6.07, 6.45) is 3.65. The van der Waals surface area contributed by atoms with Crippen molar-refractivity contribution in [3.05, 3.63) is 35.7 Å². The minimum Gasteiger partial charge on any atom is -0.334 e. The third-order valence-corrected chi connectivity index (χ3v) is 2.31. The number of rotatable bonds is 1. The largest absolute Gasteiger partial charge is 0.334 e. The van der Waals surface area contributed by atoms with Gasteiger partial charge >= 0.3 is 0 Å². The lowest BCUT2D eigenvalue weighted by Crippen LogP contribution is -1.84. The van der Waals surface area contributed by atoms with E-state index in [4.69, 9.17) is 5.26 Å². The van der Waals surface area contributed by atoms with Gasteiger partial charge in [-0.25, -0.2) is 4.98 Å². The van der Waals surface area contributed by atoms with Gasteiger partial charge in [0, 0.05) is 12.6 Å². The number of hydrogen-bond acceptors (Lipinski definition) is 2. The minimum atomic E-state index is 0.705. The van der Waals surface area contributed by atoms with E-state index in [0.29, 0.717) is 5.57 Å². The topological polar surface area (TPSA) is 41.6 Å². The summed E-state index contributed by atoms with van der Waals surface area (Å²) >= 11 is 0. The molecule has 0 saturated carbocycles. The number of fused-ring (bicyclic) bond motifs is 1. The molecular formula is C12H11N3. The van der Waals surface area contributed by atoms with Crippen LogP contribution in [-0.2, 0) is 7.05 Å². The van der Waals surface area contributed by atoms with Gasteiger partial charge in [-0.15, -0.1) is 0 Å². The van der Waals surface area contributed by atoms with Gasteiger partial charge in [0.2, 0.25) is 0 Å². The Kier molecular flexibility index (Phi) is 2.26. The van der Waals surface area contributed by atoms with Crippen LogP contribution in [-0.4, -0.2) is 9.55 Å². The van der Waals surface area contributed by atoms with Crippen molar-refractivity contribution in [2.75, 3.05) is 0 Å². The van der Waals surface area contributed by atoms with Gasteiger partial charge in [-0.2, -0.15) is 5.26 Å². The maximum Gasteiger partial charge on any atom is 0.0955 e. The van der Waals surface area contributed by atoms with Crippen LogP contribution in [0.25, 0.3) is 17.1 Å². The molecule has 0 unspecified atom stereocenters. The highest BCUT2D eigenvalue weighted by Gasteiger charge is 1.99. The van der Waals surface area contributed by atoms with E-state index < -0.39 is 0 Å². The molecule has 0 aliphatic heterocycles. The molecule has 1 aromatic carbocycles. The maximum absolute atomic E-state index is 8.69. The van der Waals surface area contributed by atoms with Crippen LogP contribution in [0.15, 0.2) is 30.1 Å². The number of hydrogen-bond donors (Lipinski definition) is 0. The zero-order valence-electron chi connectivity index (χ0n) is 8.73. The van der Waals surface area contributed by atoms with Crippen LogP contribution in [0.5, 0.6) is 0 Å². The molecule has 0 radical (unpaired) electrons. The van der Waals surface area contributed by atoms with Crippen molar-refractivity contribution in [1.29, 1.82) is 5.26 Å². The van der Waals surface area contributed by atoms with Gasteiger partial charge in [0.25, 0.3) is 0 Å². The highest BCUT2D eigenvalue weighted by Crippen LogP contribution is 2.15. The second-order valence-electron chi connectivity index (χ2n) is 3.54. The van der Waals surface area contributed by atoms with Gasteiger partial charge in [0.15, 0.2) is 0 Å². The van der Waals surface area contributed by atoms with Crippen molar-refractivity contribution < 1.29 is 0 Å². The minimum absolute atomic E-state index is 0.705. The van der Waals surface area contributed by atoms with Crippen LogP contribution in [0, 0.1) is 11.3 Å². The Morgan fingerprint density at radius 1 is 1.53 bits per heavy atom. The van der Waals surface area contributed by atoms with Gasteiger partial charge in [-0.3, -0.25) is 0 Å². The molecule has 1 aromatic heterocycles. The first-order chi connectivity index (χ1) is 7.20. The third-order valence-electron chi connectivity index (χ3n) is 2.31. The van der Waals surface area contributed by atoms with Crippen molar-refractivity contribution in [3.8, 4) is 6.07 Å². The monoisotopic (exact) mass is 197 g/mol. The number of aryl methyl sites for hydroxylation is 1. The highest BCUT2D eigenvalue weighted by molar-refractivity contribution is 5.78. The predicted octanol–water partition coefficient (Wildman–Crippen LogP) is 2.50. The number of benzene rings is 1. The fraction of sp³-hybridized carbons (Fsp3) is 0.167. The van der Waals surface area contributed by atoms with Crippen molar-refractivity contribution in [3.63, 3.8) is 0 Å². The summed E-state index contributed by atoms with van der Waals surface area (Å²) in [6, 6.07) is 8.07. The molecule has 0 aliphatic rings. The average Bonchev–Trinajstić information content (AvgIpc) is 2.60. The quantitative estimate of drug-likeness (QED) is 0.659. The van der Waals surface area contributed by atoms with E-state index in [0.717, 1.165) is 16.6 Å². The molecule has 0 N–H and O–H groups in total. The molecule has 1 heterocycles. The molecule has 0 spiro atoms. The molecule has 3 nitrogen and oxygen atoms in total. The molecule has 2 aromatic rings. The Labute approximate surface area is 88.3 Å². The molecule has 2 rings (SSSR count). The summed E-state index contributed by atoms with van der Waals surface area (Å²) in [5.74, 6) is 0. The zero-order valence-corrected chi connectivity index (χ0v) is 8.73. The number of nitriles is 1. The molecule has 0 bridgehead atoms. The molecule has 0 aliphatic carbocycles. The summed E-state index contributed by atoms with van der Waals surface area (Å²) in [6.45, 7) is 1.80. The first-order valence-electron chi connectivity index (χ1n) is 4.70. The normalized spacial score (nSPS) is 11.7. The molecule has 3 heteroatoms. The van der Waals surface area contributed by atoms with Crippen LogP contribution in [0.4, 0.5) is 0 Å². The fourth-order valence-corrected chi connectivity index (χ4v) is 1.52. The Bertz CT molecular complexity index is 570. The van der Waals surface area contributed by atoms with Crippen LogP contribution < -0.4 is 0 Å². The number of allylic oxidation sites excluding steroid dienone is 1. The van der Waals surface area contributed by atoms with E-state index in [1.54, 1.807) is 13.3 Å². The van der Waals surface area contributed by atoms with Gasteiger partial charge in [-0.1, -0.05) is 6.07 Å². The van der Waals surface area contributed by atoms with Crippen LogP contribution in [0.1, 0.15) is 12.5 Å². The molecule has 15 heavy (non-hydrogen) atoms. The summed E-state index contributed by atoms with van der Waals surface area (Å²) in [4.78, 5) is 4.24. The van der Waals surface area contributed by atoms with E-state index in [2.05, 4.69) is 11.1 Å². The van der Waals surface area contributed by atoms with Gasteiger partial charge in [0.05, 0.1) is 23.4 Å². The summed E-state index contributed by atoms with van der Waals surface area (Å²) in [5.41, 5.74) is 3.79. The lowest BCUT2D eigenvalue weighted by atomic mass is 10.1. The van der Waals surface area contributed by atoms with E-state index in [1.807, 2.05) is 35.9 Å². The van der Waals surface area contributed by atoms with Crippen molar-refractivity contribution >= 4 is 17.1 Å². The Balaban J connectivity index is 2.56. The van der Waals surface area contributed by atoms with E-state index >= 15 is 0 Å². The molecule has 0 atom stereocenters. The molecule has 0 fully saturated rings. The van der Waals surface area contributed by atoms with E-state index in [-0.39, 0.29) is 0 Å². The Hall–Kier alpha value is -2.08. The molecular weight excluding hydrogens is 186 g/mol. The first kappa shape index (κ1) is 9.47.